The van der Waals surface area contributed by atoms with Crippen LogP contribution in [0, 0.1) is 12.8 Å². The molecule has 2 saturated carbocycles. The number of amides is 1. The standard InChI is InChI=1S/C19H27NO2/c1-14-4-6-15(7-5-14)17(16-8-9-16)12-18(21)20-13-19(22)10-2-3-11-19/h4-7,16-17,22H,2-3,8-13H2,1H3,(H,20,21). The van der Waals surface area contributed by atoms with Crippen molar-refractivity contribution in [1.29, 1.82) is 0 Å². The quantitative estimate of drug-likeness (QED) is 0.847. The maximum atomic E-state index is 12.3. The van der Waals surface area contributed by atoms with Gasteiger partial charge in [0, 0.05) is 13.0 Å². The molecule has 0 radical (unpaired) electrons. The fourth-order valence-corrected chi connectivity index (χ4v) is 3.61. The second-order valence-electron chi connectivity index (χ2n) is 7.27. The van der Waals surface area contributed by atoms with Gasteiger partial charge in [-0.3, -0.25) is 4.79 Å². The third-order valence-corrected chi connectivity index (χ3v) is 5.25. The van der Waals surface area contributed by atoms with Gasteiger partial charge in [-0.15, -0.1) is 0 Å². The molecule has 2 fully saturated rings. The molecule has 0 aromatic heterocycles. The van der Waals surface area contributed by atoms with Crippen LogP contribution in [0.3, 0.4) is 0 Å². The summed E-state index contributed by atoms with van der Waals surface area (Å²) in [5, 5.41) is 13.3. The van der Waals surface area contributed by atoms with E-state index in [4.69, 9.17) is 0 Å². The van der Waals surface area contributed by atoms with Crippen LogP contribution in [0.1, 0.15) is 62.0 Å². The van der Waals surface area contributed by atoms with Gasteiger partial charge < -0.3 is 10.4 Å². The van der Waals surface area contributed by atoms with Crippen LogP contribution in [0.5, 0.6) is 0 Å². The Balaban J connectivity index is 1.56. The van der Waals surface area contributed by atoms with Crippen molar-refractivity contribution < 1.29 is 9.90 Å². The van der Waals surface area contributed by atoms with Gasteiger partial charge in [0.05, 0.1) is 5.60 Å². The largest absolute Gasteiger partial charge is 0.388 e. The third kappa shape index (κ3) is 3.89. The predicted molar refractivity (Wildman–Crippen MR) is 87.7 cm³/mol. The molecule has 22 heavy (non-hydrogen) atoms. The molecule has 0 aliphatic heterocycles. The Morgan fingerprint density at radius 1 is 1.27 bits per heavy atom. The van der Waals surface area contributed by atoms with E-state index in [0.717, 1.165) is 25.7 Å². The lowest BCUT2D eigenvalue weighted by Gasteiger charge is -2.23. The van der Waals surface area contributed by atoms with Crippen LogP contribution in [-0.4, -0.2) is 23.2 Å². The minimum Gasteiger partial charge on any atom is -0.388 e. The molecule has 2 aliphatic carbocycles. The summed E-state index contributed by atoms with van der Waals surface area (Å²) in [5.74, 6) is 1.07. The molecular formula is C19H27NO2. The number of carbonyl (C=O) groups is 1. The Labute approximate surface area is 133 Å². The molecule has 3 rings (SSSR count). The number of hydrogen-bond acceptors (Lipinski definition) is 2. The molecule has 1 unspecified atom stereocenters. The number of aliphatic hydroxyl groups is 1. The molecule has 0 saturated heterocycles. The highest BCUT2D eigenvalue weighted by Gasteiger charge is 2.35. The summed E-state index contributed by atoms with van der Waals surface area (Å²) in [5.41, 5.74) is 1.88. The molecule has 2 aliphatic rings. The maximum Gasteiger partial charge on any atom is 0.220 e. The average Bonchev–Trinajstić information content (AvgIpc) is 3.26. The van der Waals surface area contributed by atoms with E-state index >= 15 is 0 Å². The first kappa shape index (κ1) is 15.5. The number of rotatable bonds is 6. The summed E-state index contributed by atoms with van der Waals surface area (Å²) in [6, 6.07) is 8.58. The SMILES string of the molecule is Cc1ccc(C(CC(=O)NCC2(O)CCCC2)C2CC2)cc1. The number of carbonyl (C=O) groups excluding carboxylic acids is 1. The van der Waals surface area contributed by atoms with Crippen LogP contribution in [0.2, 0.25) is 0 Å². The second kappa shape index (κ2) is 6.41. The molecule has 2 N–H and O–H groups in total. The molecule has 0 spiro atoms. The Morgan fingerprint density at radius 3 is 2.50 bits per heavy atom. The maximum absolute atomic E-state index is 12.3. The highest BCUT2D eigenvalue weighted by molar-refractivity contribution is 5.77. The molecule has 120 valence electrons. The minimum atomic E-state index is -0.658. The molecule has 0 heterocycles. The Bertz CT molecular complexity index is 513. The van der Waals surface area contributed by atoms with E-state index < -0.39 is 5.60 Å². The Hall–Kier alpha value is -1.35. The van der Waals surface area contributed by atoms with Crippen LogP contribution >= 0.6 is 0 Å². The monoisotopic (exact) mass is 301 g/mol. The van der Waals surface area contributed by atoms with Gasteiger partial charge in [0.25, 0.3) is 0 Å². The van der Waals surface area contributed by atoms with Gasteiger partial charge in [-0.1, -0.05) is 42.7 Å². The van der Waals surface area contributed by atoms with Crippen molar-refractivity contribution in [1.82, 2.24) is 5.32 Å². The summed E-state index contributed by atoms with van der Waals surface area (Å²) in [4.78, 5) is 12.3. The van der Waals surface area contributed by atoms with Crippen molar-refractivity contribution in [2.45, 2.75) is 63.4 Å². The summed E-state index contributed by atoms with van der Waals surface area (Å²) in [7, 11) is 0. The van der Waals surface area contributed by atoms with Crippen molar-refractivity contribution in [2.24, 2.45) is 5.92 Å². The second-order valence-corrected chi connectivity index (χ2v) is 7.27. The van der Waals surface area contributed by atoms with Gasteiger partial charge >= 0.3 is 0 Å². The molecule has 3 heteroatoms. The number of benzene rings is 1. The average molecular weight is 301 g/mol. The molecule has 0 bridgehead atoms. The smallest absolute Gasteiger partial charge is 0.220 e. The lowest BCUT2D eigenvalue weighted by atomic mass is 9.90. The summed E-state index contributed by atoms with van der Waals surface area (Å²) >= 11 is 0. The fraction of sp³-hybridized carbons (Fsp3) is 0.632. The summed E-state index contributed by atoms with van der Waals surface area (Å²) < 4.78 is 0. The summed E-state index contributed by atoms with van der Waals surface area (Å²) in [6.45, 7) is 2.50. The van der Waals surface area contributed by atoms with Gasteiger partial charge in [0.15, 0.2) is 0 Å². The minimum absolute atomic E-state index is 0.0813. The lowest BCUT2D eigenvalue weighted by Crippen LogP contribution is -2.41. The van der Waals surface area contributed by atoms with Gasteiger partial charge in [0.1, 0.15) is 0 Å². The van der Waals surface area contributed by atoms with E-state index in [2.05, 4.69) is 36.5 Å². The highest BCUT2D eigenvalue weighted by Crippen LogP contribution is 2.44. The lowest BCUT2D eigenvalue weighted by molar-refractivity contribution is -0.122. The van der Waals surface area contributed by atoms with E-state index in [1.54, 1.807) is 0 Å². The fourth-order valence-electron chi connectivity index (χ4n) is 3.61. The normalized spacial score (nSPS) is 21.5. The number of hydrogen-bond donors (Lipinski definition) is 2. The van der Waals surface area contributed by atoms with Gasteiger partial charge in [-0.25, -0.2) is 0 Å². The zero-order valence-corrected chi connectivity index (χ0v) is 13.5. The first-order valence-corrected chi connectivity index (χ1v) is 8.61. The molecular weight excluding hydrogens is 274 g/mol. The predicted octanol–water partition coefficient (Wildman–Crippen LogP) is 3.30. The van der Waals surface area contributed by atoms with Crippen molar-refractivity contribution in [3.8, 4) is 0 Å². The first-order chi connectivity index (χ1) is 10.6. The van der Waals surface area contributed by atoms with Crippen molar-refractivity contribution >= 4 is 5.91 Å². The zero-order chi connectivity index (χ0) is 15.6. The van der Waals surface area contributed by atoms with Gasteiger partial charge in [0.2, 0.25) is 5.91 Å². The van der Waals surface area contributed by atoms with Crippen molar-refractivity contribution in [3.05, 3.63) is 35.4 Å². The number of aryl methyl sites for hydroxylation is 1. The van der Waals surface area contributed by atoms with E-state index in [-0.39, 0.29) is 5.91 Å². The third-order valence-electron chi connectivity index (χ3n) is 5.25. The molecule has 1 aromatic carbocycles. The molecule has 1 amide bonds. The van der Waals surface area contributed by atoms with Crippen LogP contribution in [0.25, 0.3) is 0 Å². The van der Waals surface area contributed by atoms with E-state index in [0.29, 0.717) is 24.8 Å². The van der Waals surface area contributed by atoms with E-state index in [1.165, 1.54) is 24.0 Å². The van der Waals surface area contributed by atoms with Crippen molar-refractivity contribution in [2.75, 3.05) is 6.54 Å². The molecule has 3 nitrogen and oxygen atoms in total. The molecule has 1 atom stereocenters. The molecule has 1 aromatic rings. The van der Waals surface area contributed by atoms with Crippen LogP contribution in [0.15, 0.2) is 24.3 Å². The summed E-state index contributed by atoms with van der Waals surface area (Å²) in [6.07, 6.45) is 6.78. The van der Waals surface area contributed by atoms with E-state index in [1.807, 2.05) is 0 Å². The van der Waals surface area contributed by atoms with Crippen LogP contribution in [0.4, 0.5) is 0 Å². The number of nitrogens with one attached hydrogen (secondary N) is 1. The first-order valence-electron chi connectivity index (χ1n) is 8.61. The Morgan fingerprint density at radius 2 is 1.91 bits per heavy atom. The topological polar surface area (TPSA) is 49.3 Å². The highest BCUT2D eigenvalue weighted by atomic mass is 16.3. The van der Waals surface area contributed by atoms with Gasteiger partial charge in [-0.2, -0.15) is 0 Å². The van der Waals surface area contributed by atoms with Gasteiger partial charge in [-0.05, 0) is 50.0 Å². The van der Waals surface area contributed by atoms with Crippen molar-refractivity contribution in [3.63, 3.8) is 0 Å². The zero-order valence-electron chi connectivity index (χ0n) is 13.5. The van der Waals surface area contributed by atoms with E-state index in [9.17, 15) is 9.90 Å². The Kier molecular flexibility index (Phi) is 4.53. The van der Waals surface area contributed by atoms with Crippen LogP contribution in [-0.2, 0) is 4.79 Å². The van der Waals surface area contributed by atoms with Crippen LogP contribution < -0.4 is 5.32 Å².